The van der Waals surface area contributed by atoms with Crippen LogP contribution in [0.2, 0.25) is 0 Å². The van der Waals surface area contributed by atoms with Crippen molar-refractivity contribution in [3.63, 3.8) is 0 Å². The summed E-state index contributed by atoms with van der Waals surface area (Å²) < 4.78 is 23.4. The number of pyridine rings is 1. The van der Waals surface area contributed by atoms with E-state index in [-0.39, 0.29) is 5.82 Å². The van der Waals surface area contributed by atoms with Crippen molar-refractivity contribution >= 4 is 5.65 Å². The van der Waals surface area contributed by atoms with Crippen LogP contribution < -0.4 is 4.74 Å². The summed E-state index contributed by atoms with van der Waals surface area (Å²) in [4.78, 5) is 4.58. The summed E-state index contributed by atoms with van der Waals surface area (Å²) in [6.07, 6.45) is 4.81. The number of hydrogen-bond acceptors (Lipinski definition) is 4. The Balaban J connectivity index is 1.69. The fourth-order valence-corrected chi connectivity index (χ4v) is 3.28. The number of hydrogen-bond donors (Lipinski definition) is 0. The number of benzene rings is 1. The molecule has 27 heavy (non-hydrogen) atoms. The van der Waals surface area contributed by atoms with Crippen molar-refractivity contribution < 1.29 is 9.13 Å². The molecule has 138 valence electrons. The molecule has 4 rings (SSSR count). The van der Waals surface area contributed by atoms with Crippen molar-refractivity contribution in [3.05, 3.63) is 65.8 Å². The first-order valence-corrected chi connectivity index (χ1v) is 8.72. The van der Waals surface area contributed by atoms with Gasteiger partial charge in [0.15, 0.2) is 5.65 Å². The van der Waals surface area contributed by atoms with Crippen LogP contribution in [0.4, 0.5) is 4.39 Å². The van der Waals surface area contributed by atoms with Crippen LogP contribution in [0.3, 0.4) is 0 Å². The quantitative estimate of drug-likeness (QED) is 0.544. The Bertz CT molecular complexity index is 1100. The van der Waals surface area contributed by atoms with Crippen molar-refractivity contribution in [1.82, 2.24) is 24.1 Å². The molecule has 0 atom stereocenters. The monoisotopic (exact) mass is 365 g/mol. The highest BCUT2D eigenvalue weighted by Gasteiger charge is 2.14. The van der Waals surface area contributed by atoms with E-state index in [1.165, 1.54) is 6.07 Å². The molecule has 1 aromatic carbocycles. The third-order valence-electron chi connectivity index (χ3n) is 4.85. The zero-order valence-electron chi connectivity index (χ0n) is 15.5. The molecule has 0 amide bonds. The Labute approximate surface area is 156 Å². The lowest BCUT2D eigenvalue weighted by molar-refractivity contribution is 0.404. The van der Waals surface area contributed by atoms with Gasteiger partial charge in [0.1, 0.15) is 23.7 Å². The van der Waals surface area contributed by atoms with Gasteiger partial charge >= 0.3 is 0 Å². The Kier molecular flexibility index (Phi) is 4.35. The van der Waals surface area contributed by atoms with E-state index in [1.54, 1.807) is 25.6 Å². The van der Waals surface area contributed by atoms with Crippen molar-refractivity contribution in [2.45, 2.75) is 19.8 Å². The summed E-state index contributed by atoms with van der Waals surface area (Å²) in [7, 11) is 3.52. The number of methoxy groups -OCH3 is 1. The number of halogens is 1. The topological polar surface area (TPSA) is 57.2 Å². The number of fused-ring (bicyclic) bond motifs is 1. The Hall–Kier alpha value is -3.22. The predicted molar refractivity (Wildman–Crippen MR) is 100 cm³/mol. The van der Waals surface area contributed by atoms with Gasteiger partial charge in [-0.05, 0) is 44.0 Å². The van der Waals surface area contributed by atoms with Gasteiger partial charge in [-0.2, -0.15) is 0 Å². The Morgan fingerprint density at radius 2 is 2.00 bits per heavy atom. The molecule has 3 heterocycles. The molecule has 0 saturated heterocycles. The van der Waals surface area contributed by atoms with Gasteiger partial charge in [0.05, 0.1) is 12.8 Å². The number of nitrogens with zero attached hydrogens (tertiary/aromatic N) is 5. The highest BCUT2D eigenvalue weighted by atomic mass is 19.1. The first-order chi connectivity index (χ1) is 13.1. The molecule has 7 heteroatoms. The largest absolute Gasteiger partial charge is 0.496 e. The minimum atomic E-state index is -0.255. The molecule has 3 aromatic heterocycles. The molecule has 0 fully saturated rings. The zero-order valence-corrected chi connectivity index (χ0v) is 15.5. The normalized spacial score (nSPS) is 11.3. The molecule has 6 nitrogen and oxygen atoms in total. The van der Waals surface area contributed by atoms with E-state index in [1.807, 2.05) is 41.3 Å². The van der Waals surface area contributed by atoms with Gasteiger partial charge in [0, 0.05) is 30.1 Å². The minimum absolute atomic E-state index is 0.255. The molecule has 0 aliphatic carbocycles. The van der Waals surface area contributed by atoms with Crippen LogP contribution in [0.15, 0.2) is 42.9 Å². The maximum absolute atomic E-state index is 14.2. The van der Waals surface area contributed by atoms with Crippen LogP contribution in [0.5, 0.6) is 5.75 Å². The van der Waals surface area contributed by atoms with E-state index in [4.69, 9.17) is 4.74 Å². The molecule has 0 spiro atoms. The third-order valence-corrected chi connectivity index (χ3v) is 4.85. The van der Waals surface area contributed by atoms with Gasteiger partial charge in [-0.15, -0.1) is 10.2 Å². The second-order valence-corrected chi connectivity index (χ2v) is 6.47. The molecule has 0 unspecified atom stereocenters. The number of aryl methyl sites for hydroxylation is 3. The van der Waals surface area contributed by atoms with Crippen LogP contribution in [0.1, 0.15) is 17.1 Å². The highest BCUT2D eigenvalue weighted by Crippen LogP contribution is 2.26. The average molecular weight is 365 g/mol. The standard InChI is InChI=1S/C20H20FN5O/c1-13-23-18(11-25(13)2)16-10-8-14(26-12-22-24-20(16)26)7-9-15-17(21)5-4-6-19(15)27-3/h4-6,8,10-12H,7,9H2,1-3H3. The Morgan fingerprint density at radius 3 is 2.74 bits per heavy atom. The van der Waals surface area contributed by atoms with Gasteiger partial charge in [0.25, 0.3) is 0 Å². The van der Waals surface area contributed by atoms with E-state index in [0.29, 0.717) is 24.2 Å². The minimum Gasteiger partial charge on any atom is -0.496 e. The van der Waals surface area contributed by atoms with Crippen molar-refractivity contribution in [3.8, 4) is 17.0 Å². The van der Waals surface area contributed by atoms with Crippen LogP contribution in [0, 0.1) is 12.7 Å². The van der Waals surface area contributed by atoms with Crippen LogP contribution >= 0.6 is 0 Å². The van der Waals surface area contributed by atoms with E-state index in [0.717, 1.165) is 28.4 Å². The summed E-state index contributed by atoms with van der Waals surface area (Å²) in [6.45, 7) is 1.96. The molecule has 0 bridgehead atoms. The number of ether oxygens (including phenoxy) is 1. The molecule has 0 radical (unpaired) electrons. The highest BCUT2D eigenvalue weighted by molar-refractivity contribution is 5.74. The van der Waals surface area contributed by atoms with E-state index < -0.39 is 0 Å². The maximum atomic E-state index is 14.2. The van der Waals surface area contributed by atoms with E-state index in [2.05, 4.69) is 15.2 Å². The van der Waals surface area contributed by atoms with Crippen molar-refractivity contribution in [2.75, 3.05) is 7.11 Å². The molecule has 0 aliphatic heterocycles. The van der Waals surface area contributed by atoms with E-state index >= 15 is 0 Å². The lowest BCUT2D eigenvalue weighted by atomic mass is 10.0. The van der Waals surface area contributed by atoms with Crippen molar-refractivity contribution in [2.24, 2.45) is 7.05 Å². The molecule has 4 aromatic rings. The zero-order chi connectivity index (χ0) is 19.0. The molecule has 0 aliphatic rings. The fourth-order valence-electron chi connectivity index (χ4n) is 3.28. The van der Waals surface area contributed by atoms with Crippen molar-refractivity contribution in [1.29, 1.82) is 0 Å². The van der Waals surface area contributed by atoms with E-state index in [9.17, 15) is 4.39 Å². The molecular formula is C20H20FN5O. The second-order valence-electron chi connectivity index (χ2n) is 6.47. The van der Waals surface area contributed by atoms with Gasteiger partial charge < -0.3 is 9.30 Å². The van der Waals surface area contributed by atoms with Gasteiger partial charge in [-0.1, -0.05) is 6.07 Å². The van der Waals surface area contributed by atoms with Gasteiger partial charge in [0.2, 0.25) is 0 Å². The third kappa shape index (κ3) is 3.05. The average Bonchev–Trinajstić information content (AvgIpc) is 3.27. The number of rotatable bonds is 5. The Morgan fingerprint density at radius 1 is 1.15 bits per heavy atom. The predicted octanol–water partition coefficient (Wildman–Crippen LogP) is 3.37. The molecule has 0 N–H and O–H groups in total. The van der Waals surface area contributed by atoms with Crippen LogP contribution in [0.25, 0.3) is 16.9 Å². The summed E-state index contributed by atoms with van der Waals surface area (Å²) in [5, 5.41) is 8.33. The lowest BCUT2D eigenvalue weighted by Crippen LogP contribution is -2.03. The smallest absolute Gasteiger partial charge is 0.170 e. The number of aromatic nitrogens is 5. The first kappa shape index (κ1) is 17.2. The van der Waals surface area contributed by atoms with Crippen LogP contribution in [-0.4, -0.2) is 31.3 Å². The van der Waals surface area contributed by atoms with Gasteiger partial charge in [-0.25, -0.2) is 9.37 Å². The molecular weight excluding hydrogens is 345 g/mol. The summed E-state index contributed by atoms with van der Waals surface area (Å²) in [5.74, 6) is 1.24. The first-order valence-electron chi connectivity index (χ1n) is 8.72. The lowest BCUT2D eigenvalue weighted by Gasteiger charge is -2.11. The number of imidazole rings is 1. The summed E-state index contributed by atoms with van der Waals surface area (Å²) >= 11 is 0. The SMILES string of the molecule is COc1cccc(F)c1CCc1ccc(-c2cn(C)c(C)n2)c2nncn12. The second kappa shape index (κ2) is 6.83. The van der Waals surface area contributed by atoms with Crippen LogP contribution in [-0.2, 0) is 19.9 Å². The summed E-state index contributed by atoms with van der Waals surface area (Å²) in [5.41, 5.74) is 4.09. The fraction of sp³-hybridized carbons (Fsp3) is 0.250. The molecule has 0 saturated carbocycles. The maximum Gasteiger partial charge on any atom is 0.170 e. The van der Waals surface area contributed by atoms with Gasteiger partial charge in [-0.3, -0.25) is 4.40 Å². The summed E-state index contributed by atoms with van der Waals surface area (Å²) in [6, 6.07) is 8.90.